The van der Waals surface area contributed by atoms with E-state index in [1.807, 2.05) is 6.07 Å². The van der Waals surface area contributed by atoms with Gasteiger partial charge in [-0.3, -0.25) is 4.79 Å². The number of hydrogen-bond acceptors (Lipinski definition) is 8. The first-order chi connectivity index (χ1) is 16.7. The molecule has 1 atom stereocenters. The van der Waals surface area contributed by atoms with Crippen molar-refractivity contribution >= 4 is 45.7 Å². The Balaban J connectivity index is 1.48. The van der Waals surface area contributed by atoms with E-state index in [1.54, 1.807) is 36.8 Å². The lowest BCUT2D eigenvalue weighted by atomic mass is 10.2. The number of hydrogen-bond donors (Lipinski definition) is 1. The molecule has 10 nitrogen and oxygen atoms in total. The van der Waals surface area contributed by atoms with Gasteiger partial charge in [0.25, 0.3) is 5.56 Å². The number of pyridine rings is 1. The van der Waals surface area contributed by atoms with E-state index in [2.05, 4.69) is 30.9 Å². The van der Waals surface area contributed by atoms with Crippen molar-refractivity contribution in [2.75, 3.05) is 11.4 Å². The number of nitrogens with one attached hydrogen (secondary N) is 1. The maximum atomic E-state index is 13.5. The minimum atomic E-state index is -0.294. The molecule has 1 aliphatic heterocycles. The van der Waals surface area contributed by atoms with Crippen LogP contribution in [0.15, 0.2) is 59.1 Å². The lowest BCUT2D eigenvalue weighted by Crippen LogP contribution is -2.30. The van der Waals surface area contributed by atoms with Gasteiger partial charge in [0.05, 0.1) is 21.3 Å². The van der Waals surface area contributed by atoms with Crippen molar-refractivity contribution in [2.24, 2.45) is 0 Å². The van der Waals surface area contributed by atoms with Crippen LogP contribution in [0.4, 0.5) is 5.82 Å². The summed E-state index contributed by atoms with van der Waals surface area (Å²) >= 11 is 7.74. The number of rotatable bonds is 4. The van der Waals surface area contributed by atoms with Crippen LogP contribution in [-0.2, 0) is 0 Å². The average Bonchev–Trinajstić information content (AvgIpc) is 3.58. The SMILES string of the molecule is N#Cc1c[nH]c2ncnc(N3CCC[C@H]3Sc3nn4ccc(Cl)c4c(=O)n3-c3ccccn3)c12. The zero-order valence-electron chi connectivity index (χ0n) is 17.6. The van der Waals surface area contributed by atoms with E-state index < -0.39 is 0 Å². The van der Waals surface area contributed by atoms with E-state index >= 15 is 0 Å². The first-order valence-electron chi connectivity index (χ1n) is 10.5. The van der Waals surface area contributed by atoms with Gasteiger partial charge in [0.15, 0.2) is 5.16 Å². The fourth-order valence-electron chi connectivity index (χ4n) is 4.25. The summed E-state index contributed by atoms with van der Waals surface area (Å²) in [4.78, 5) is 31.8. The number of anilines is 1. The van der Waals surface area contributed by atoms with E-state index in [4.69, 9.17) is 16.7 Å². The smallest absolute Gasteiger partial charge is 0.285 e. The lowest BCUT2D eigenvalue weighted by molar-refractivity contribution is 0.694. The highest BCUT2D eigenvalue weighted by atomic mass is 35.5. The molecule has 1 fully saturated rings. The molecule has 1 saturated heterocycles. The minimum Gasteiger partial charge on any atom is -0.345 e. The van der Waals surface area contributed by atoms with E-state index in [9.17, 15) is 10.1 Å². The summed E-state index contributed by atoms with van der Waals surface area (Å²) in [5.74, 6) is 1.16. The Hall–Kier alpha value is -3.88. The van der Waals surface area contributed by atoms with Crippen molar-refractivity contribution in [3.63, 3.8) is 0 Å². The molecule has 0 saturated carbocycles. The number of H-pyrrole nitrogens is 1. The maximum absolute atomic E-state index is 13.5. The molecule has 12 heteroatoms. The summed E-state index contributed by atoms with van der Waals surface area (Å²) in [7, 11) is 0. The first-order valence-corrected chi connectivity index (χ1v) is 11.8. The molecule has 0 amide bonds. The van der Waals surface area contributed by atoms with Gasteiger partial charge in [-0.15, -0.1) is 5.10 Å². The molecule has 0 aromatic carbocycles. The highest BCUT2D eigenvalue weighted by Gasteiger charge is 2.31. The fraction of sp³-hybridized carbons (Fsp3) is 0.182. The van der Waals surface area contributed by atoms with Gasteiger partial charge in [-0.05, 0) is 31.0 Å². The number of halogens is 1. The standard InChI is InChI=1S/C22H16ClN9OS/c23-14-6-9-31-18(14)21(33)32(15-4-1-2-7-25-15)22(29-31)34-16-5-3-8-30(16)20-17-13(10-24)11-26-19(17)27-12-28-20/h1-2,4,6-7,9,11-12,16H,3,5,8H2,(H,26,27,28)/t16-/m1/s1. The predicted octanol–water partition coefficient (Wildman–Crippen LogP) is 3.40. The number of aromatic nitrogens is 7. The number of nitriles is 1. The van der Waals surface area contributed by atoms with Gasteiger partial charge in [-0.1, -0.05) is 29.4 Å². The molecule has 6 rings (SSSR count). The van der Waals surface area contributed by atoms with E-state index in [1.165, 1.54) is 27.2 Å². The molecule has 168 valence electrons. The summed E-state index contributed by atoms with van der Waals surface area (Å²) in [5, 5.41) is 15.7. The summed E-state index contributed by atoms with van der Waals surface area (Å²) in [6.07, 6.45) is 8.22. The molecule has 0 spiro atoms. The zero-order chi connectivity index (χ0) is 23.2. The fourth-order valence-corrected chi connectivity index (χ4v) is 5.75. The van der Waals surface area contributed by atoms with Crippen molar-refractivity contribution in [3.8, 4) is 11.9 Å². The van der Waals surface area contributed by atoms with Crippen molar-refractivity contribution in [2.45, 2.75) is 23.4 Å². The Morgan fingerprint density at radius 1 is 1.24 bits per heavy atom. The van der Waals surface area contributed by atoms with Crippen LogP contribution in [0.5, 0.6) is 0 Å². The molecule has 1 aliphatic rings. The Bertz CT molecular complexity index is 1640. The minimum absolute atomic E-state index is 0.0649. The van der Waals surface area contributed by atoms with Gasteiger partial charge >= 0.3 is 0 Å². The second-order valence-electron chi connectivity index (χ2n) is 7.71. The zero-order valence-corrected chi connectivity index (χ0v) is 19.2. The molecule has 6 heterocycles. The molecule has 0 bridgehead atoms. The third kappa shape index (κ3) is 3.22. The molecule has 1 N–H and O–H groups in total. The molecular weight excluding hydrogens is 474 g/mol. The Morgan fingerprint density at radius 3 is 2.97 bits per heavy atom. The summed E-state index contributed by atoms with van der Waals surface area (Å²) < 4.78 is 3.00. The Morgan fingerprint density at radius 2 is 2.15 bits per heavy atom. The first kappa shape index (κ1) is 20.7. The van der Waals surface area contributed by atoms with Crippen molar-refractivity contribution in [3.05, 3.63) is 70.1 Å². The van der Waals surface area contributed by atoms with Gasteiger partial charge in [0.1, 0.15) is 35.2 Å². The van der Waals surface area contributed by atoms with E-state index in [-0.39, 0.29) is 10.9 Å². The summed E-state index contributed by atoms with van der Waals surface area (Å²) in [6.45, 7) is 0.755. The number of aromatic amines is 1. The van der Waals surface area contributed by atoms with E-state index in [0.717, 1.165) is 19.4 Å². The van der Waals surface area contributed by atoms with Gasteiger partial charge in [-0.2, -0.15) is 5.26 Å². The monoisotopic (exact) mass is 489 g/mol. The predicted molar refractivity (Wildman–Crippen MR) is 128 cm³/mol. The van der Waals surface area contributed by atoms with Gasteiger partial charge in [0, 0.05) is 25.1 Å². The average molecular weight is 490 g/mol. The van der Waals surface area contributed by atoms with Crippen molar-refractivity contribution in [1.82, 2.24) is 34.1 Å². The molecule has 34 heavy (non-hydrogen) atoms. The van der Waals surface area contributed by atoms with E-state index in [0.29, 0.717) is 43.9 Å². The van der Waals surface area contributed by atoms with Crippen LogP contribution >= 0.6 is 23.4 Å². The maximum Gasteiger partial charge on any atom is 0.285 e. The quantitative estimate of drug-likeness (QED) is 0.407. The lowest BCUT2D eigenvalue weighted by Gasteiger charge is -2.26. The second kappa shape index (κ2) is 8.16. The van der Waals surface area contributed by atoms with Crippen LogP contribution in [-0.4, -0.2) is 46.0 Å². The van der Waals surface area contributed by atoms with Crippen LogP contribution in [0.2, 0.25) is 5.02 Å². The summed E-state index contributed by atoms with van der Waals surface area (Å²) in [5.41, 5.74) is 1.11. The van der Waals surface area contributed by atoms with Crippen LogP contribution in [0.1, 0.15) is 18.4 Å². The van der Waals surface area contributed by atoms with Gasteiger partial charge in [0.2, 0.25) is 0 Å². The number of nitrogens with zero attached hydrogens (tertiary/aromatic N) is 8. The Kier molecular flexibility index (Phi) is 4.97. The molecule has 5 aromatic rings. The summed E-state index contributed by atoms with van der Waals surface area (Å²) in [6, 6.07) is 9.24. The highest BCUT2D eigenvalue weighted by molar-refractivity contribution is 7.99. The Labute approximate surface area is 201 Å². The third-order valence-corrected chi connectivity index (χ3v) is 7.31. The molecule has 0 aliphatic carbocycles. The molecule has 0 radical (unpaired) electrons. The van der Waals surface area contributed by atoms with Crippen molar-refractivity contribution in [1.29, 1.82) is 5.26 Å². The molecule has 0 unspecified atom stereocenters. The van der Waals surface area contributed by atoms with Gasteiger partial charge in [-0.25, -0.2) is 24.0 Å². The normalized spacial score (nSPS) is 15.9. The number of thioether (sulfide) groups is 1. The number of fused-ring (bicyclic) bond motifs is 2. The van der Waals surface area contributed by atoms with Crippen LogP contribution in [0.25, 0.3) is 22.4 Å². The largest absolute Gasteiger partial charge is 0.345 e. The van der Waals surface area contributed by atoms with Gasteiger partial charge < -0.3 is 9.88 Å². The second-order valence-corrected chi connectivity index (χ2v) is 9.26. The highest BCUT2D eigenvalue weighted by Crippen LogP contribution is 2.38. The van der Waals surface area contributed by atoms with Crippen LogP contribution < -0.4 is 10.5 Å². The topological polar surface area (TPSA) is 121 Å². The molecule has 5 aromatic heterocycles. The molecular formula is C22H16ClN9OS. The van der Waals surface area contributed by atoms with Crippen molar-refractivity contribution < 1.29 is 0 Å². The third-order valence-electron chi connectivity index (χ3n) is 5.77. The van der Waals surface area contributed by atoms with Crippen LogP contribution in [0, 0.1) is 11.3 Å². The van der Waals surface area contributed by atoms with Crippen LogP contribution in [0.3, 0.4) is 0 Å².